The fourth-order valence-corrected chi connectivity index (χ4v) is 1.38. The number of nitrogens with two attached hydrogens (primary N) is 1. The summed E-state index contributed by atoms with van der Waals surface area (Å²) < 4.78 is 5.22. The molecule has 0 saturated heterocycles. The van der Waals surface area contributed by atoms with Crippen LogP contribution >= 0.6 is 0 Å². The van der Waals surface area contributed by atoms with E-state index in [1.54, 1.807) is 7.11 Å². The molecule has 1 atom stereocenters. The molecule has 0 amide bonds. The molecule has 0 fully saturated rings. The number of rotatable bonds is 4. The van der Waals surface area contributed by atoms with Crippen molar-refractivity contribution in [2.75, 3.05) is 13.7 Å². The number of aryl methyl sites for hydroxylation is 1. The van der Waals surface area contributed by atoms with Crippen molar-refractivity contribution < 1.29 is 9.84 Å². The van der Waals surface area contributed by atoms with E-state index in [-0.39, 0.29) is 12.6 Å². The van der Waals surface area contributed by atoms with Gasteiger partial charge in [0.05, 0.1) is 19.8 Å². The van der Waals surface area contributed by atoms with E-state index in [1.807, 2.05) is 18.2 Å². The van der Waals surface area contributed by atoms with Crippen LogP contribution in [-0.4, -0.2) is 18.8 Å². The monoisotopic (exact) mass is 195 g/mol. The highest BCUT2D eigenvalue weighted by Crippen LogP contribution is 2.25. The van der Waals surface area contributed by atoms with E-state index in [2.05, 4.69) is 6.92 Å². The Hall–Kier alpha value is -1.06. The molecule has 0 radical (unpaired) electrons. The third kappa shape index (κ3) is 2.25. The first-order valence-electron chi connectivity index (χ1n) is 4.76. The summed E-state index contributed by atoms with van der Waals surface area (Å²) in [6, 6.07) is 5.52. The van der Waals surface area contributed by atoms with Gasteiger partial charge in [0.15, 0.2) is 0 Å². The van der Waals surface area contributed by atoms with E-state index in [9.17, 15) is 0 Å². The van der Waals surface area contributed by atoms with Gasteiger partial charge in [0.2, 0.25) is 0 Å². The Morgan fingerprint density at radius 3 is 2.71 bits per heavy atom. The first kappa shape index (κ1) is 11.0. The molecule has 3 N–H and O–H groups in total. The quantitative estimate of drug-likeness (QED) is 0.760. The number of methoxy groups -OCH3 is 1. The minimum absolute atomic E-state index is 0.0676. The van der Waals surface area contributed by atoms with Gasteiger partial charge in [-0.05, 0) is 18.1 Å². The molecule has 3 nitrogen and oxygen atoms in total. The van der Waals surface area contributed by atoms with Crippen molar-refractivity contribution in [1.29, 1.82) is 0 Å². The summed E-state index contributed by atoms with van der Waals surface area (Å²) in [6.07, 6.45) is 0.963. The van der Waals surface area contributed by atoms with Gasteiger partial charge in [-0.1, -0.05) is 19.1 Å². The molecule has 14 heavy (non-hydrogen) atoms. The number of hydrogen-bond donors (Lipinski definition) is 2. The Bertz CT molecular complexity index is 299. The lowest BCUT2D eigenvalue weighted by Gasteiger charge is -2.14. The van der Waals surface area contributed by atoms with E-state index in [1.165, 1.54) is 5.56 Å². The van der Waals surface area contributed by atoms with Crippen LogP contribution in [-0.2, 0) is 6.42 Å². The number of hydrogen-bond acceptors (Lipinski definition) is 3. The molecular formula is C11H17NO2. The topological polar surface area (TPSA) is 55.5 Å². The third-order valence-electron chi connectivity index (χ3n) is 2.30. The third-order valence-corrected chi connectivity index (χ3v) is 2.30. The second-order valence-corrected chi connectivity index (χ2v) is 3.22. The van der Waals surface area contributed by atoms with E-state index in [0.29, 0.717) is 0 Å². The van der Waals surface area contributed by atoms with Crippen LogP contribution in [0.5, 0.6) is 5.75 Å². The summed E-state index contributed by atoms with van der Waals surface area (Å²) >= 11 is 0. The lowest BCUT2D eigenvalue weighted by atomic mass is 10.0. The minimum Gasteiger partial charge on any atom is -0.496 e. The molecule has 0 spiro atoms. The van der Waals surface area contributed by atoms with Crippen molar-refractivity contribution >= 4 is 0 Å². The Labute approximate surface area is 84.5 Å². The van der Waals surface area contributed by atoms with Crippen LogP contribution in [0.3, 0.4) is 0 Å². The lowest BCUT2D eigenvalue weighted by molar-refractivity contribution is 0.264. The highest BCUT2D eigenvalue weighted by atomic mass is 16.5. The Balaban J connectivity index is 3.04. The predicted molar refractivity (Wildman–Crippen MR) is 56.4 cm³/mol. The van der Waals surface area contributed by atoms with Gasteiger partial charge in [0, 0.05) is 5.56 Å². The van der Waals surface area contributed by atoms with E-state index in [0.717, 1.165) is 17.7 Å². The fraction of sp³-hybridized carbons (Fsp3) is 0.455. The summed E-state index contributed by atoms with van der Waals surface area (Å²) in [5.74, 6) is 0.755. The number of aliphatic hydroxyl groups excluding tert-OH is 1. The molecule has 0 bridgehead atoms. The first-order chi connectivity index (χ1) is 6.72. The SMILES string of the molecule is CCc1ccc(C(N)CO)c(OC)c1. The zero-order valence-corrected chi connectivity index (χ0v) is 8.66. The Kier molecular flexibility index (Phi) is 3.92. The smallest absolute Gasteiger partial charge is 0.123 e. The molecule has 0 aliphatic heterocycles. The van der Waals surface area contributed by atoms with Crippen molar-refractivity contribution in [3.05, 3.63) is 29.3 Å². The largest absolute Gasteiger partial charge is 0.496 e. The minimum atomic E-state index is -0.365. The molecule has 0 heterocycles. The lowest BCUT2D eigenvalue weighted by Crippen LogP contribution is -2.15. The van der Waals surface area contributed by atoms with Crippen molar-refractivity contribution in [2.45, 2.75) is 19.4 Å². The van der Waals surface area contributed by atoms with Gasteiger partial charge in [-0.2, -0.15) is 0 Å². The van der Waals surface area contributed by atoms with Crippen molar-refractivity contribution in [1.82, 2.24) is 0 Å². The van der Waals surface area contributed by atoms with Gasteiger partial charge in [0.25, 0.3) is 0 Å². The Morgan fingerprint density at radius 1 is 1.50 bits per heavy atom. The van der Waals surface area contributed by atoms with Crippen LogP contribution in [0.15, 0.2) is 18.2 Å². The maximum Gasteiger partial charge on any atom is 0.123 e. The van der Waals surface area contributed by atoms with E-state index >= 15 is 0 Å². The van der Waals surface area contributed by atoms with Gasteiger partial charge in [-0.15, -0.1) is 0 Å². The normalized spacial score (nSPS) is 12.6. The highest BCUT2D eigenvalue weighted by Gasteiger charge is 2.10. The van der Waals surface area contributed by atoms with Crippen LogP contribution in [0.2, 0.25) is 0 Å². The molecule has 0 saturated carbocycles. The summed E-state index contributed by atoms with van der Waals surface area (Å²) in [6.45, 7) is 2.02. The molecule has 1 rings (SSSR count). The standard InChI is InChI=1S/C11H17NO2/c1-3-8-4-5-9(10(12)7-13)11(6-8)14-2/h4-6,10,13H,3,7,12H2,1-2H3. The first-order valence-corrected chi connectivity index (χ1v) is 4.76. The summed E-state index contributed by atoms with van der Waals surface area (Å²) in [7, 11) is 1.61. The Morgan fingerprint density at radius 2 is 2.21 bits per heavy atom. The van der Waals surface area contributed by atoms with Gasteiger partial charge < -0.3 is 15.6 Å². The number of ether oxygens (including phenoxy) is 1. The van der Waals surface area contributed by atoms with Gasteiger partial charge in [-0.25, -0.2) is 0 Å². The zero-order valence-electron chi connectivity index (χ0n) is 8.66. The molecule has 0 aromatic heterocycles. The summed E-state index contributed by atoms with van der Waals surface area (Å²) in [5.41, 5.74) is 7.79. The second-order valence-electron chi connectivity index (χ2n) is 3.22. The molecule has 1 aromatic carbocycles. The van der Waals surface area contributed by atoms with Crippen molar-refractivity contribution in [3.8, 4) is 5.75 Å². The predicted octanol–water partition coefficient (Wildman–Crippen LogP) is 1.25. The van der Waals surface area contributed by atoms with Crippen molar-refractivity contribution in [3.63, 3.8) is 0 Å². The molecule has 1 aromatic rings. The average molecular weight is 195 g/mol. The molecule has 78 valence electrons. The number of benzene rings is 1. The highest BCUT2D eigenvalue weighted by molar-refractivity contribution is 5.39. The van der Waals surface area contributed by atoms with Crippen molar-refractivity contribution in [2.24, 2.45) is 5.73 Å². The van der Waals surface area contributed by atoms with Crippen LogP contribution in [0, 0.1) is 0 Å². The van der Waals surface area contributed by atoms with Crippen LogP contribution in [0.4, 0.5) is 0 Å². The molecule has 0 aliphatic carbocycles. The van der Waals surface area contributed by atoms with Gasteiger partial charge in [-0.3, -0.25) is 0 Å². The maximum absolute atomic E-state index is 8.95. The van der Waals surface area contributed by atoms with Crippen LogP contribution < -0.4 is 10.5 Å². The zero-order chi connectivity index (χ0) is 10.6. The number of aliphatic hydroxyl groups is 1. The fourth-order valence-electron chi connectivity index (χ4n) is 1.38. The van der Waals surface area contributed by atoms with Gasteiger partial charge in [0.1, 0.15) is 5.75 Å². The van der Waals surface area contributed by atoms with Crippen LogP contribution in [0.1, 0.15) is 24.1 Å². The molecule has 0 aliphatic rings. The second kappa shape index (κ2) is 4.98. The molecule has 1 unspecified atom stereocenters. The van der Waals surface area contributed by atoms with E-state index in [4.69, 9.17) is 15.6 Å². The molecule has 3 heteroatoms. The van der Waals surface area contributed by atoms with Crippen LogP contribution in [0.25, 0.3) is 0 Å². The van der Waals surface area contributed by atoms with E-state index < -0.39 is 0 Å². The van der Waals surface area contributed by atoms with Gasteiger partial charge >= 0.3 is 0 Å². The summed E-state index contributed by atoms with van der Waals surface area (Å²) in [5, 5.41) is 8.95. The molecular weight excluding hydrogens is 178 g/mol. The maximum atomic E-state index is 8.95. The average Bonchev–Trinajstić information content (AvgIpc) is 2.27. The summed E-state index contributed by atoms with van der Waals surface area (Å²) in [4.78, 5) is 0.